The van der Waals surface area contributed by atoms with Gasteiger partial charge in [-0.3, -0.25) is 4.90 Å². The highest BCUT2D eigenvalue weighted by molar-refractivity contribution is 6.34. The number of fused-ring (bicyclic) bond motifs is 3. The molecule has 3 aromatic rings. The van der Waals surface area contributed by atoms with Gasteiger partial charge in [0.2, 0.25) is 0 Å². The zero-order valence-corrected chi connectivity index (χ0v) is 17.1. The predicted molar refractivity (Wildman–Crippen MR) is 108 cm³/mol. The van der Waals surface area contributed by atoms with Gasteiger partial charge in [-0.15, -0.1) is 0 Å². The number of aromatic nitrogens is 3. The van der Waals surface area contributed by atoms with Crippen LogP contribution in [0, 0.1) is 0 Å². The summed E-state index contributed by atoms with van der Waals surface area (Å²) in [6.07, 6.45) is -0.851. The fraction of sp³-hybridized carbons (Fsp3) is 0.500. The van der Waals surface area contributed by atoms with Gasteiger partial charge in [-0.2, -0.15) is 13.2 Å². The highest BCUT2D eigenvalue weighted by atomic mass is 35.5. The van der Waals surface area contributed by atoms with Gasteiger partial charge in [-0.05, 0) is 57.7 Å². The van der Waals surface area contributed by atoms with Gasteiger partial charge in [0.25, 0.3) is 0 Å². The molecule has 1 saturated heterocycles. The normalized spacial score (nSPS) is 17.1. The van der Waals surface area contributed by atoms with Crippen molar-refractivity contribution < 1.29 is 13.2 Å². The highest BCUT2D eigenvalue weighted by Gasteiger charge is 2.31. The zero-order chi connectivity index (χ0) is 20.8. The van der Waals surface area contributed by atoms with Crippen LogP contribution in [0.2, 0.25) is 5.15 Å². The Hall–Kier alpha value is -1.90. The number of likely N-dealkylation sites (tertiary alicyclic amines) is 1. The minimum atomic E-state index is -4.37. The van der Waals surface area contributed by atoms with Crippen molar-refractivity contribution in [2.24, 2.45) is 0 Å². The van der Waals surface area contributed by atoms with E-state index in [2.05, 4.69) is 33.9 Å². The number of halogens is 4. The van der Waals surface area contributed by atoms with E-state index in [4.69, 9.17) is 11.6 Å². The molecule has 2 aromatic heterocycles. The molecule has 0 N–H and O–H groups in total. The second-order valence-corrected chi connectivity index (χ2v) is 8.22. The van der Waals surface area contributed by atoms with Crippen LogP contribution in [0.1, 0.15) is 18.4 Å². The fourth-order valence-corrected chi connectivity index (χ4v) is 4.45. The fourth-order valence-electron chi connectivity index (χ4n) is 4.22. The van der Waals surface area contributed by atoms with Crippen molar-refractivity contribution in [1.82, 2.24) is 24.3 Å². The van der Waals surface area contributed by atoms with E-state index in [1.54, 1.807) is 6.07 Å². The topological polar surface area (TPSA) is 37.2 Å². The maximum Gasteiger partial charge on any atom is 0.406 e. The maximum atomic E-state index is 13.2. The molecule has 1 fully saturated rings. The van der Waals surface area contributed by atoms with Crippen LogP contribution in [0.5, 0.6) is 0 Å². The SMILES string of the molecule is CN1CCC(N(C)Cc2ccc3c(c2)c2ncnc(Cl)c2n3CC(F)(F)F)CC1. The van der Waals surface area contributed by atoms with E-state index in [9.17, 15) is 13.2 Å². The molecule has 9 heteroatoms. The molecule has 0 aliphatic carbocycles. The summed E-state index contributed by atoms with van der Waals surface area (Å²) in [6.45, 7) is 1.76. The molecule has 156 valence electrons. The van der Waals surface area contributed by atoms with Crippen LogP contribution < -0.4 is 0 Å². The summed E-state index contributed by atoms with van der Waals surface area (Å²) < 4.78 is 40.7. The predicted octanol–water partition coefficient (Wildman–Crippen LogP) is 4.33. The lowest BCUT2D eigenvalue weighted by Gasteiger charge is -2.35. The number of nitrogens with zero attached hydrogens (tertiary/aromatic N) is 5. The van der Waals surface area contributed by atoms with Gasteiger partial charge in [-0.1, -0.05) is 17.7 Å². The highest BCUT2D eigenvalue weighted by Crippen LogP contribution is 2.34. The number of piperidine rings is 1. The number of hydrogen-bond acceptors (Lipinski definition) is 4. The molecular weight excluding hydrogens is 403 g/mol. The molecule has 0 unspecified atom stereocenters. The molecule has 0 amide bonds. The minimum Gasteiger partial charge on any atom is -0.327 e. The molecular formula is C20H23ClF3N5. The van der Waals surface area contributed by atoms with Crippen LogP contribution in [0.4, 0.5) is 13.2 Å². The van der Waals surface area contributed by atoms with E-state index >= 15 is 0 Å². The number of rotatable bonds is 4. The lowest BCUT2D eigenvalue weighted by atomic mass is 10.0. The summed E-state index contributed by atoms with van der Waals surface area (Å²) in [5.41, 5.74) is 2.18. The van der Waals surface area contributed by atoms with Gasteiger partial charge in [0.05, 0.1) is 5.52 Å². The Balaban J connectivity index is 1.70. The molecule has 0 atom stereocenters. The van der Waals surface area contributed by atoms with Crippen molar-refractivity contribution >= 4 is 33.5 Å². The molecule has 0 saturated carbocycles. The first kappa shape index (κ1) is 20.4. The van der Waals surface area contributed by atoms with Gasteiger partial charge < -0.3 is 9.47 Å². The molecule has 29 heavy (non-hydrogen) atoms. The van der Waals surface area contributed by atoms with Gasteiger partial charge in [0.1, 0.15) is 23.9 Å². The van der Waals surface area contributed by atoms with E-state index in [0.717, 1.165) is 42.6 Å². The second-order valence-electron chi connectivity index (χ2n) is 7.86. The van der Waals surface area contributed by atoms with Crippen LogP contribution in [-0.4, -0.2) is 63.7 Å². The van der Waals surface area contributed by atoms with Crippen LogP contribution in [0.3, 0.4) is 0 Å². The van der Waals surface area contributed by atoms with Crippen molar-refractivity contribution in [2.75, 3.05) is 27.2 Å². The van der Waals surface area contributed by atoms with Crippen LogP contribution in [0.15, 0.2) is 24.5 Å². The van der Waals surface area contributed by atoms with Gasteiger partial charge in [0.15, 0.2) is 5.15 Å². The van der Waals surface area contributed by atoms with Crippen molar-refractivity contribution in [3.8, 4) is 0 Å². The summed E-state index contributed by atoms with van der Waals surface area (Å²) >= 11 is 6.15. The van der Waals surface area contributed by atoms with Crippen LogP contribution in [-0.2, 0) is 13.1 Å². The summed E-state index contributed by atoms with van der Waals surface area (Å²) in [5, 5.41) is 0.697. The third kappa shape index (κ3) is 4.20. The first-order valence-corrected chi connectivity index (χ1v) is 9.97. The Morgan fingerprint density at radius 2 is 1.93 bits per heavy atom. The van der Waals surface area contributed by atoms with E-state index in [0.29, 0.717) is 22.5 Å². The number of hydrogen-bond donors (Lipinski definition) is 0. The van der Waals surface area contributed by atoms with Crippen LogP contribution >= 0.6 is 11.6 Å². The van der Waals surface area contributed by atoms with E-state index in [1.807, 2.05) is 12.1 Å². The van der Waals surface area contributed by atoms with E-state index in [-0.39, 0.29) is 10.7 Å². The molecule has 0 spiro atoms. The largest absolute Gasteiger partial charge is 0.406 e. The standard InChI is InChI=1S/C20H23ClF3N5/c1-27-7-5-14(6-8-27)28(2)10-13-3-4-16-15(9-13)17-18(19(21)26-12-25-17)29(16)11-20(22,23)24/h3-4,9,12,14H,5-8,10-11H2,1-2H3. The lowest BCUT2D eigenvalue weighted by Crippen LogP contribution is -2.41. The Labute approximate surface area is 172 Å². The average Bonchev–Trinajstić information content (AvgIpc) is 2.95. The molecule has 0 radical (unpaired) electrons. The molecule has 4 rings (SSSR count). The van der Waals surface area contributed by atoms with Gasteiger partial charge in [0, 0.05) is 18.0 Å². The molecule has 3 heterocycles. The summed E-state index contributed by atoms with van der Waals surface area (Å²) in [7, 11) is 4.24. The van der Waals surface area contributed by atoms with Crippen molar-refractivity contribution in [3.63, 3.8) is 0 Å². The van der Waals surface area contributed by atoms with Gasteiger partial charge in [-0.25, -0.2) is 9.97 Å². The molecule has 0 bridgehead atoms. The average molecular weight is 426 g/mol. The van der Waals surface area contributed by atoms with Crippen LogP contribution in [0.25, 0.3) is 21.9 Å². The Bertz CT molecular complexity index is 1020. The maximum absolute atomic E-state index is 13.2. The van der Waals surface area contributed by atoms with E-state index < -0.39 is 12.7 Å². The van der Waals surface area contributed by atoms with Gasteiger partial charge >= 0.3 is 6.18 Å². The first-order chi connectivity index (χ1) is 13.7. The number of benzene rings is 1. The third-order valence-electron chi connectivity index (χ3n) is 5.74. The quantitative estimate of drug-likeness (QED) is 0.583. The second kappa shape index (κ2) is 7.74. The molecule has 1 aliphatic rings. The lowest BCUT2D eigenvalue weighted by molar-refractivity contribution is -0.139. The minimum absolute atomic E-state index is 0.0282. The first-order valence-electron chi connectivity index (χ1n) is 9.60. The monoisotopic (exact) mass is 425 g/mol. The summed E-state index contributed by atoms with van der Waals surface area (Å²) in [6, 6.07) is 6.06. The Morgan fingerprint density at radius 3 is 2.62 bits per heavy atom. The zero-order valence-electron chi connectivity index (χ0n) is 16.4. The van der Waals surface area contributed by atoms with E-state index in [1.165, 1.54) is 6.33 Å². The summed E-state index contributed by atoms with van der Waals surface area (Å²) in [5.74, 6) is 0. The summed E-state index contributed by atoms with van der Waals surface area (Å²) in [4.78, 5) is 12.8. The smallest absolute Gasteiger partial charge is 0.327 e. The molecule has 1 aliphatic heterocycles. The molecule has 5 nitrogen and oxygen atoms in total. The Kier molecular flexibility index (Phi) is 5.44. The van der Waals surface area contributed by atoms with Crippen molar-refractivity contribution in [3.05, 3.63) is 35.2 Å². The van der Waals surface area contributed by atoms with Crippen molar-refractivity contribution in [1.29, 1.82) is 0 Å². The van der Waals surface area contributed by atoms with Crippen molar-refractivity contribution in [2.45, 2.75) is 38.1 Å². The number of alkyl halides is 3. The molecule has 1 aromatic carbocycles. The Morgan fingerprint density at radius 1 is 1.21 bits per heavy atom. The third-order valence-corrected chi connectivity index (χ3v) is 6.01.